The summed E-state index contributed by atoms with van der Waals surface area (Å²) in [6.07, 6.45) is 9.60. The largest absolute Gasteiger partial charge is 0.376 e. The summed E-state index contributed by atoms with van der Waals surface area (Å²) in [5, 5.41) is 6.73. The molecule has 1 unspecified atom stereocenters. The number of nitrogens with one attached hydrogen (secondary N) is 2. The van der Waals surface area contributed by atoms with Gasteiger partial charge in [0.2, 0.25) is 5.91 Å². The van der Waals surface area contributed by atoms with Crippen molar-refractivity contribution in [2.75, 3.05) is 33.3 Å². The quantitative estimate of drug-likeness (QED) is 0.208. The maximum atomic E-state index is 11.6. The molecule has 1 aliphatic heterocycles. The molecule has 25 heavy (non-hydrogen) atoms. The van der Waals surface area contributed by atoms with Gasteiger partial charge in [-0.15, -0.1) is 24.0 Å². The third-order valence-corrected chi connectivity index (χ3v) is 4.83. The molecule has 146 valence electrons. The summed E-state index contributed by atoms with van der Waals surface area (Å²) < 4.78 is 6.00. The van der Waals surface area contributed by atoms with Crippen LogP contribution in [0.3, 0.4) is 0 Å². The van der Waals surface area contributed by atoms with Gasteiger partial charge in [-0.05, 0) is 26.2 Å². The molecule has 1 amide bonds. The molecule has 0 aromatic rings. The summed E-state index contributed by atoms with van der Waals surface area (Å²) >= 11 is 0. The van der Waals surface area contributed by atoms with Crippen molar-refractivity contribution in [3.8, 4) is 0 Å². The van der Waals surface area contributed by atoms with E-state index < -0.39 is 0 Å². The highest BCUT2D eigenvalue weighted by Crippen LogP contribution is 2.19. The molecular formula is C18H35IN4O2. The minimum absolute atomic E-state index is 0. The molecule has 2 N–H and O–H groups in total. The van der Waals surface area contributed by atoms with Crippen molar-refractivity contribution in [3.63, 3.8) is 0 Å². The van der Waals surface area contributed by atoms with Crippen molar-refractivity contribution in [2.45, 2.75) is 70.4 Å². The van der Waals surface area contributed by atoms with E-state index >= 15 is 0 Å². The van der Waals surface area contributed by atoms with E-state index in [1.54, 1.807) is 4.90 Å². The number of likely N-dealkylation sites (N-methyl/N-ethyl adjacent to an activating group) is 1. The van der Waals surface area contributed by atoms with Gasteiger partial charge in [-0.25, -0.2) is 0 Å². The SMILES string of the molecule is CCNC(=NCCOC1CCCCCC1)NC1CCC(=O)N(C)C1.I. The Labute approximate surface area is 169 Å². The zero-order valence-electron chi connectivity index (χ0n) is 15.8. The molecule has 1 heterocycles. The number of nitrogens with zero attached hydrogens (tertiary/aromatic N) is 2. The monoisotopic (exact) mass is 466 g/mol. The van der Waals surface area contributed by atoms with E-state index in [4.69, 9.17) is 4.74 Å². The Balaban J connectivity index is 0.00000312. The smallest absolute Gasteiger partial charge is 0.222 e. The topological polar surface area (TPSA) is 66.0 Å². The Morgan fingerprint density at radius 1 is 1.24 bits per heavy atom. The van der Waals surface area contributed by atoms with E-state index in [0.717, 1.165) is 25.5 Å². The van der Waals surface area contributed by atoms with Gasteiger partial charge in [0.05, 0.1) is 19.3 Å². The van der Waals surface area contributed by atoms with E-state index in [1.165, 1.54) is 38.5 Å². The Morgan fingerprint density at radius 3 is 2.60 bits per heavy atom. The lowest BCUT2D eigenvalue weighted by molar-refractivity contribution is -0.132. The molecular weight excluding hydrogens is 431 g/mol. The fourth-order valence-corrected chi connectivity index (χ4v) is 3.43. The maximum absolute atomic E-state index is 11.6. The van der Waals surface area contributed by atoms with Crippen LogP contribution in [0.25, 0.3) is 0 Å². The van der Waals surface area contributed by atoms with Crippen molar-refractivity contribution >= 4 is 35.8 Å². The van der Waals surface area contributed by atoms with E-state index in [0.29, 0.717) is 25.7 Å². The zero-order chi connectivity index (χ0) is 17.2. The summed E-state index contributed by atoms with van der Waals surface area (Å²) in [4.78, 5) is 18.0. The Kier molecular flexibility index (Phi) is 11.4. The second kappa shape index (κ2) is 12.7. The molecule has 2 rings (SSSR count). The van der Waals surface area contributed by atoms with Crippen LogP contribution >= 0.6 is 24.0 Å². The fourth-order valence-electron chi connectivity index (χ4n) is 3.43. The predicted octanol–water partition coefficient (Wildman–Crippen LogP) is 2.52. The highest BCUT2D eigenvalue weighted by molar-refractivity contribution is 14.0. The molecule has 0 aromatic heterocycles. The number of piperidine rings is 1. The number of halogens is 1. The van der Waals surface area contributed by atoms with E-state index in [2.05, 4.69) is 22.5 Å². The van der Waals surface area contributed by atoms with Crippen molar-refractivity contribution in [2.24, 2.45) is 4.99 Å². The molecule has 2 fully saturated rings. The van der Waals surface area contributed by atoms with Gasteiger partial charge in [0, 0.05) is 32.6 Å². The van der Waals surface area contributed by atoms with Gasteiger partial charge in [0.15, 0.2) is 5.96 Å². The molecule has 1 saturated heterocycles. The summed E-state index contributed by atoms with van der Waals surface area (Å²) in [5.74, 6) is 1.06. The zero-order valence-corrected chi connectivity index (χ0v) is 18.1. The molecule has 0 radical (unpaired) electrons. The lowest BCUT2D eigenvalue weighted by Gasteiger charge is -2.31. The molecule has 1 aliphatic carbocycles. The lowest BCUT2D eigenvalue weighted by atomic mass is 10.1. The number of hydrogen-bond acceptors (Lipinski definition) is 3. The summed E-state index contributed by atoms with van der Waals surface area (Å²) in [5.41, 5.74) is 0. The molecule has 2 aliphatic rings. The number of hydrogen-bond donors (Lipinski definition) is 2. The fraction of sp³-hybridized carbons (Fsp3) is 0.889. The average molecular weight is 466 g/mol. The average Bonchev–Trinajstić information content (AvgIpc) is 2.84. The first-order valence-electron chi connectivity index (χ1n) is 9.59. The van der Waals surface area contributed by atoms with E-state index in [-0.39, 0.29) is 35.9 Å². The first-order chi connectivity index (χ1) is 11.7. The summed E-state index contributed by atoms with van der Waals surface area (Å²) in [6.45, 7) is 4.99. The van der Waals surface area contributed by atoms with Crippen LogP contribution in [0.4, 0.5) is 0 Å². The van der Waals surface area contributed by atoms with Crippen LogP contribution in [0.15, 0.2) is 4.99 Å². The predicted molar refractivity (Wildman–Crippen MR) is 113 cm³/mol. The first kappa shape index (κ1) is 22.5. The van der Waals surface area contributed by atoms with Crippen molar-refractivity contribution in [1.82, 2.24) is 15.5 Å². The number of carbonyl (C=O) groups excluding carboxylic acids is 1. The van der Waals surface area contributed by atoms with Gasteiger partial charge in [-0.2, -0.15) is 0 Å². The van der Waals surface area contributed by atoms with Crippen LogP contribution in [0.2, 0.25) is 0 Å². The number of rotatable bonds is 6. The van der Waals surface area contributed by atoms with Crippen molar-refractivity contribution < 1.29 is 9.53 Å². The second-order valence-corrected chi connectivity index (χ2v) is 6.90. The van der Waals surface area contributed by atoms with Gasteiger partial charge in [0.25, 0.3) is 0 Å². The third kappa shape index (κ3) is 8.57. The van der Waals surface area contributed by atoms with E-state index in [9.17, 15) is 4.79 Å². The number of likely N-dealkylation sites (tertiary alicyclic amines) is 1. The van der Waals surface area contributed by atoms with Crippen LogP contribution in [0.5, 0.6) is 0 Å². The van der Waals surface area contributed by atoms with Crippen LogP contribution in [0, 0.1) is 0 Å². The molecule has 6 nitrogen and oxygen atoms in total. The van der Waals surface area contributed by atoms with Gasteiger partial charge in [0.1, 0.15) is 0 Å². The first-order valence-corrected chi connectivity index (χ1v) is 9.59. The molecule has 1 atom stereocenters. The summed E-state index contributed by atoms with van der Waals surface area (Å²) in [6, 6.07) is 0.272. The Morgan fingerprint density at radius 2 is 1.96 bits per heavy atom. The highest BCUT2D eigenvalue weighted by Gasteiger charge is 2.23. The molecule has 1 saturated carbocycles. The summed E-state index contributed by atoms with van der Waals surface area (Å²) in [7, 11) is 1.86. The van der Waals surface area contributed by atoms with Gasteiger partial charge in [-0.1, -0.05) is 25.7 Å². The normalized spacial score (nSPS) is 23.0. The minimum Gasteiger partial charge on any atom is -0.376 e. The molecule has 0 spiro atoms. The van der Waals surface area contributed by atoms with Crippen molar-refractivity contribution in [1.29, 1.82) is 0 Å². The van der Waals surface area contributed by atoms with Crippen LogP contribution < -0.4 is 10.6 Å². The maximum Gasteiger partial charge on any atom is 0.222 e. The van der Waals surface area contributed by atoms with E-state index in [1.807, 2.05) is 7.05 Å². The number of aliphatic imine (C=N–C) groups is 1. The van der Waals surface area contributed by atoms with Crippen LogP contribution in [-0.4, -0.2) is 62.2 Å². The number of amides is 1. The lowest BCUT2D eigenvalue weighted by Crippen LogP contribution is -2.51. The van der Waals surface area contributed by atoms with Gasteiger partial charge < -0.3 is 20.3 Å². The second-order valence-electron chi connectivity index (χ2n) is 6.90. The number of guanidine groups is 1. The molecule has 0 bridgehead atoms. The van der Waals surface area contributed by atoms with Crippen LogP contribution in [0.1, 0.15) is 58.3 Å². The highest BCUT2D eigenvalue weighted by atomic mass is 127. The molecule has 0 aromatic carbocycles. The molecule has 7 heteroatoms. The van der Waals surface area contributed by atoms with Crippen LogP contribution in [-0.2, 0) is 9.53 Å². The van der Waals surface area contributed by atoms with Gasteiger partial charge in [-0.3, -0.25) is 9.79 Å². The Hall–Kier alpha value is -0.570. The number of ether oxygens (including phenoxy) is 1. The third-order valence-electron chi connectivity index (χ3n) is 4.83. The Bertz CT molecular complexity index is 412. The van der Waals surface area contributed by atoms with Crippen molar-refractivity contribution in [3.05, 3.63) is 0 Å². The standard InChI is InChI=1S/C18H34N4O2.HI/c1-3-19-18(21-15-10-11-17(23)22(2)14-15)20-12-13-24-16-8-6-4-5-7-9-16;/h15-16H,3-14H2,1-2H3,(H2,19,20,21);1H. The minimum atomic E-state index is 0. The number of carbonyl (C=O) groups is 1. The van der Waals surface area contributed by atoms with Gasteiger partial charge >= 0.3 is 0 Å².